The summed E-state index contributed by atoms with van der Waals surface area (Å²) in [6.45, 7) is 4.91. The number of aromatic nitrogens is 2. The summed E-state index contributed by atoms with van der Waals surface area (Å²) in [7, 11) is 0. The number of aromatic amines is 1. The molecule has 0 aliphatic carbocycles. The van der Waals surface area contributed by atoms with E-state index in [9.17, 15) is 0 Å². The van der Waals surface area contributed by atoms with Gasteiger partial charge in [0.15, 0.2) is 6.54 Å². The van der Waals surface area contributed by atoms with E-state index in [0.717, 1.165) is 30.6 Å². The van der Waals surface area contributed by atoms with Crippen LogP contribution in [0.3, 0.4) is 0 Å². The molecule has 17 heavy (non-hydrogen) atoms. The maximum Gasteiger partial charge on any atom is 0.309 e. The van der Waals surface area contributed by atoms with Crippen LogP contribution in [0.1, 0.15) is 31.0 Å². The van der Waals surface area contributed by atoms with Gasteiger partial charge >= 0.3 is 5.15 Å². The van der Waals surface area contributed by atoms with Crippen LogP contribution in [-0.2, 0) is 6.54 Å². The van der Waals surface area contributed by atoms with Crippen LogP contribution in [-0.4, -0.2) is 17.3 Å². The minimum absolute atomic E-state index is 0.0792. The molecule has 0 aliphatic heterocycles. The number of rotatable bonds is 5. The summed E-state index contributed by atoms with van der Waals surface area (Å²) in [6, 6.07) is 0. The molecule has 0 fully saturated rings. The van der Waals surface area contributed by atoms with Crippen molar-refractivity contribution < 1.29 is 4.68 Å². The molecule has 1 aromatic heterocycles. The first-order valence-corrected chi connectivity index (χ1v) is 5.84. The molecule has 94 valence electrons. The fourth-order valence-corrected chi connectivity index (χ4v) is 1.70. The normalized spacial score (nSPS) is 11.0. The Labute approximate surface area is 105 Å². The number of hydrogen-bond donors (Lipinski definition) is 3. The van der Waals surface area contributed by atoms with Crippen molar-refractivity contribution in [2.45, 2.75) is 33.2 Å². The zero-order valence-corrected chi connectivity index (χ0v) is 10.8. The van der Waals surface area contributed by atoms with E-state index in [1.54, 1.807) is 0 Å². The number of hydrogen-bond acceptors (Lipinski definition) is 2. The van der Waals surface area contributed by atoms with E-state index < -0.39 is 0 Å². The highest BCUT2D eigenvalue weighted by atomic mass is 35.5. The highest BCUT2D eigenvalue weighted by Crippen LogP contribution is 2.12. The van der Waals surface area contributed by atoms with Gasteiger partial charge in [-0.25, -0.2) is 0 Å². The second-order valence-corrected chi connectivity index (χ2v) is 4.07. The van der Waals surface area contributed by atoms with E-state index in [2.05, 4.69) is 22.2 Å². The van der Waals surface area contributed by atoms with Crippen molar-refractivity contribution in [1.29, 1.82) is 0 Å². The van der Waals surface area contributed by atoms with Crippen molar-refractivity contribution in [2.75, 3.05) is 0 Å². The lowest BCUT2D eigenvalue weighted by molar-refractivity contribution is -0.748. The summed E-state index contributed by atoms with van der Waals surface area (Å²) < 4.78 is 1.89. The molecule has 0 unspecified atom stereocenters. The lowest BCUT2D eigenvalue weighted by Crippen LogP contribution is -2.36. The van der Waals surface area contributed by atoms with Gasteiger partial charge in [-0.15, -0.1) is 5.10 Å². The second-order valence-electron chi connectivity index (χ2n) is 3.72. The number of nitrogens with zero attached hydrogens (tertiary/aromatic N) is 3. The van der Waals surface area contributed by atoms with Crippen molar-refractivity contribution in [2.24, 2.45) is 21.7 Å². The standard InChI is InChI=1S/C10H17ClN6/c1-3-4-5-17-9(11)8(7(2)16-17)6-14-15-10(12)13/h6H,3-5H2,1-2H3,(H4,12,13,15)/p+1/b14-6+. The van der Waals surface area contributed by atoms with Gasteiger partial charge in [-0.3, -0.25) is 0 Å². The zero-order valence-electron chi connectivity index (χ0n) is 10.1. The molecular formula is C10H18ClN6+. The molecule has 0 spiro atoms. The number of halogens is 1. The van der Waals surface area contributed by atoms with E-state index in [1.807, 2.05) is 11.6 Å². The summed E-state index contributed by atoms with van der Waals surface area (Å²) in [5, 5.41) is 11.1. The molecule has 0 atom stereocenters. The Morgan fingerprint density at radius 2 is 2.24 bits per heavy atom. The molecule has 0 radical (unpaired) electrons. The molecular weight excluding hydrogens is 240 g/mol. The summed E-state index contributed by atoms with van der Waals surface area (Å²) >= 11 is 6.21. The molecule has 1 aromatic rings. The van der Waals surface area contributed by atoms with E-state index in [-0.39, 0.29) is 5.96 Å². The monoisotopic (exact) mass is 257 g/mol. The van der Waals surface area contributed by atoms with Crippen LogP contribution in [0.5, 0.6) is 0 Å². The number of unbranched alkanes of at least 4 members (excludes halogenated alkanes) is 1. The van der Waals surface area contributed by atoms with Gasteiger partial charge < -0.3 is 11.5 Å². The molecule has 7 heteroatoms. The maximum absolute atomic E-state index is 6.21. The van der Waals surface area contributed by atoms with Crippen LogP contribution in [0.4, 0.5) is 0 Å². The van der Waals surface area contributed by atoms with Crippen molar-refractivity contribution in [3.05, 3.63) is 16.4 Å². The quantitative estimate of drug-likeness (QED) is 0.313. The van der Waals surface area contributed by atoms with E-state index >= 15 is 0 Å². The van der Waals surface area contributed by atoms with Crippen LogP contribution in [0.25, 0.3) is 0 Å². The summed E-state index contributed by atoms with van der Waals surface area (Å²) in [5.74, 6) is -0.0792. The molecule has 0 saturated heterocycles. The number of H-pyrrole nitrogens is 1. The first-order chi connectivity index (χ1) is 8.06. The molecule has 6 nitrogen and oxygen atoms in total. The van der Waals surface area contributed by atoms with Crippen LogP contribution < -0.4 is 16.1 Å². The molecule has 0 aliphatic rings. The lowest BCUT2D eigenvalue weighted by Gasteiger charge is -1.90. The summed E-state index contributed by atoms with van der Waals surface area (Å²) in [5.41, 5.74) is 12.1. The lowest BCUT2D eigenvalue weighted by atomic mass is 10.3. The highest BCUT2D eigenvalue weighted by Gasteiger charge is 2.19. The third-order valence-electron chi connectivity index (χ3n) is 2.26. The first-order valence-electron chi connectivity index (χ1n) is 5.46. The molecule has 5 N–H and O–H groups in total. The van der Waals surface area contributed by atoms with Crippen molar-refractivity contribution >= 4 is 23.8 Å². The van der Waals surface area contributed by atoms with E-state index in [1.165, 1.54) is 6.21 Å². The Bertz CT molecular complexity index is 430. The average molecular weight is 258 g/mol. The predicted octanol–water partition coefficient (Wildman–Crippen LogP) is 0.671. The number of guanidine groups is 1. The summed E-state index contributed by atoms with van der Waals surface area (Å²) in [6.07, 6.45) is 3.71. The minimum Gasteiger partial charge on any atom is -0.369 e. The Hall–Kier alpha value is -1.56. The fourth-order valence-electron chi connectivity index (χ4n) is 1.39. The maximum atomic E-state index is 6.21. The molecule has 0 aromatic carbocycles. The van der Waals surface area contributed by atoms with Crippen LogP contribution in [0.2, 0.25) is 5.15 Å². The van der Waals surface area contributed by atoms with Gasteiger partial charge in [-0.2, -0.15) is 10.2 Å². The second kappa shape index (κ2) is 6.24. The smallest absolute Gasteiger partial charge is 0.309 e. The van der Waals surface area contributed by atoms with Crippen LogP contribution >= 0.6 is 11.6 Å². The van der Waals surface area contributed by atoms with Crippen molar-refractivity contribution in [3.8, 4) is 0 Å². The molecule has 0 bridgehead atoms. The Balaban J connectivity index is 2.89. The fraction of sp³-hybridized carbons (Fsp3) is 0.500. The highest BCUT2D eigenvalue weighted by molar-refractivity contribution is 6.31. The van der Waals surface area contributed by atoms with Crippen molar-refractivity contribution in [1.82, 2.24) is 5.10 Å². The van der Waals surface area contributed by atoms with Gasteiger partial charge in [0.2, 0.25) is 5.96 Å². The SMILES string of the molecule is CCCC[n+]1[nH]c(C)c(/C=N/N=C(N)N)c1Cl. The van der Waals surface area contributed by atoms with Gasteiger partial charge in [0.05, 0.1) is 11.9 Å². The van der Waals surface area contributed by atoms with Gasteiger partial charge in [0.25, 0.3) is 0 Å². The Morgan fingerprint density at radius 1 is 1.53 bits per heavy atom. The third kappa shape index (κ3) is 3.74. The van der Waals surface area contributed by atoms with Crippen LogP contribution in [0, 0.1) is 6.92 Å². The van der Waals surface area contributed by atoms with Gasteiger partial charge in [0.1, 0.15) is 5.56 Å². The van der Waals surface area contributed by atoms with Crippen LogP contribution in [0.15, 0.2) is 10.2 Å². The Kier molecular flexibility index (Phi) is 4.96. The number of aryl methyl sites for hydroxylation is 2. The van der Waals surface area contributed by atoms with Gasteiger partial charge in [-0.05, 0) is 18.5 Å². The number of nitrogens with one attached hydrogen (secondary N) is 1. The topological polar surface area (TPSA) is 96.4 Å². The van der Waals surface area contributed by atoms with E-state index in [0.29, 0.717) is 5.15 Å². The summed E-state index contributed by atoms with van der Waals surface area (Å²) in [4.78, 5) is 0. The predicted molar refractivity (Wildman–Crippen MR) is 69.0 cm³/mol. The largest absolute Gasteiger partial charge is 0.369 e. The molecule has 0 saturated carbocycles. The first kappa shape index (κ1) is 13.5. The Morgan fingerprint density at radius 3 is 2.82 bits per heavy atom. The van der Waals surface area contributed by atoms with Gasteiger partial charge in [0, 0.05) is 6.42 Å². The van der Waals surface area contributed by atoms with Crippen molar-refractivity contribution in [3.63, 3.8) is 0 Å². The molecule has 1 rings (SSSR count). The molecule has 0 amide bonds. The van der Waals surface area contributed by atoms with Gasteiger partial charge in [-0.1, -0.05) is 18.0 Å². The number of nitrogens with two attached hydrogens (primary N) is 2. The minimum atomic E-state index is -0.0792. The third-order valence-corrected chi connectivity index (χ3v) is 2.67. The zero-order chi connectivity index (χ0) is 12.8. The van der Waals surface area contributed by atoms with E-state index in [4.69, 9.17) is 23.1 Å². The average Bonchev–Trinajstić information content (AvgIpc) is 2.53. The molecule has 1 heterocycles.